The first-order chi connectivity index (χ1) is 8.15. The number of nitrogens with two attached hydrogens (primary N) is 1. The summed E-state index contributed by atoms with van der Waals surface area (Å²) in [5.41, 5.74) is 6.45. The molecule has 3 rings (SSSR count). The summed E-state index contributed by atoms with van der Waals surface area (Å²) in [4.78, 5) is 29.2. The number of hydrogen-bond acceptors (Lipinski definition) is 3. The minimum absolute atomic E-state index is 0.0957. The molecule has 0 bridgehead atoms. The third kappa shape index (κ3) is 1.69. The van der Waals surface area contributed by atoms with Crippen LogP contribution in [0.3, 0.4) is 0 Å². The predicted molar refractivity (Wildman–Crippen MR) is 62.9 cm³/mol. The summed E-state index contributed by atoms with van der Waals surface area (Å²) < 4.78 is 0. The molecule has 0 saturated heterocycles. The van der Waals surface area contributed by atoms with E-state index in [9.17, 15) is 9.59 Å². The molecule has 2 aromatic rings. The fourth-order valence-electron chi connectivity index (χ4n) is 1.94. The van der Waals surface area contributed by atoms with E-state index in [1.807, 2.05) is 12.1 Å². The Balaban J connectivity index is 2.24. The van der Waals surface area contributed by atoms with Crippen LogP contribution in [0.5, 0.6) is 0 Å². The summed E-state index contributed by atoms with van der Waals surface area (Å²) in [6, 6.07) is 5.57. The molecule has 0 radical (unpaired) electrons. The van der Waals surface area contributed by atoms with Crippen LogP contribution >= 0.6 is 0 Å². The van der Waals surface area contributed by atoms with Gasteiger partial charge in [-0.1, -0.05) is 6.07 Å². The Morgan fingerprint density at radius 1 is 1.41 bits per heavy atom. The maximum Gasteiger partial charge on any atom is 0.284 e. The molecule has 1 aliphatic carbocycles. The largest absolute Gasteiger partial charge is 0.363 e. The zero-order valence-electron chi connectivity index (χ0n) is 9.06. The molecule has 0 aliphatic heterocycles. The van der Waals surface area contributed by atoms with Crippen molar-refractivity contribution < 1.29 is 4.79 Å². The summed E-state index contributed by atoms with van der Waals surface area (Å²) >= 11 is 0. The van der Waals surface area contributed by atoms with Crippen molar-refractivity contribution in [2.45, 2.75) is 18.8 Å². The van der Waals surface area contributed by atoms with Crippen LogP contribution in [0.1, 0.15) is 34.9 Å². The van der Waals surface area contributed by atoms with Crippen molar-refractivity contribution in [1.82, 2.24) is 9.97 Å². The molecule has 86 valence electrons. The van der Waals surface area contributed by atoms with Crippen molar-refractivity contribution in [3.05, 3.63) is 39.9 Å². The SMILES string of the molecule is NC(=O)c1nc2ccc(C3CC3)cc2c(=O)[nH]1. The fraction of sp³-hybridized carbons (Fsp3) is 0.250. The van der Waals surface area contributed by atoms with E-state index in [0.717, 1.165) is 5.56 Å². The van der Waals surface area contributed by atoms with Crippen molar-refractivity contribution in [2.75, 3.05) is 0 Å². The van der Waals surface area contributed by atoms with E-state index < -0.39 is 5.91 Å². The Kier molecular flexibility index (Phi) is 2.01. The van der Waals surface area contributed by atoms with Crippen LogP contribution in [0.15, 0.2) is 23.0 Å². The highest BCUT2D eigenvalue weighted by Gasteiger charge is 2.23. The van der Waals surface area contributed by atoms with Gasteiger partial charge in [0, 0.05) is 0 Å². The summed E-state index contributed by atoms with van der Waals surface area (Å²) in [6.45, 7) is 0. The van der Waals surface area contributed by atoms with Crippen molar-refractivity contribution in [3.8, 4) is 0 Å². The van der Waals surface area contributed by atoms with Gasteiger partial charge in [-0.2, -0.15) is 0 Å². The standard InChI is InChI=1S/C12H11N3O2/c13-10(16)11-14-9-4-3-7(6-1-2-6)5-8(9)12(17)15-11/h3-6H,1-2H2,(H2,13,16)(H,14,15,17). The second kappa shape index (κ2) is 3.41. The van der Waals surface area contributed by atoms with Crippen LogP contribution in [0.4, 0.5) is 0 Å². The number of aromatic nitrogens is 2. The Labute approximate surface area is 96.7 Å². The topological polar surface area (TPSA) is 88.8 Å². The van der Waals surface area contributed by atoms with E-state index in [-0.39, 0.29) is 11.4 Å². The van der Waals surface area contributed by atoms with Crippen LogP contribution < -0.4 is 11.3 Å². The number of amides is 1. The second-order valence-electron chi connectivity index (χ2n) is 4.33. The van der Waals surface area contributed by atoms with E-state index in [0.29, 0.717) is 16.8 Å². The average Bonchev–Trinajstić information content (AvgIpc) is 3.12. The Morgan fingerprint density at radius 3 is 2.82 bits per heavy atom. The quantitative estimate of drug-likeness (QED) is 0.801. The highest BCUT2D eigenvalue weighted by atomic mass is 16.1. The first kappa shape index (κ1) is 10.0. The normalized spacial score (nSPS) is 15.1. The molecule has 1 aromatic heterocycles. The van der Waals surface area contributed by atoms with Crippen LogP contribution in [0, 0.1) is 0 Å². The smallest absolute Gasteiger partial charge is 0.284 e. The molecule has 1 aromatic carbocycles. The van der Waals surface area contributed by atoms with Crippen molar-refractivity contribution in [3.63, 3.8) is 0 Å². The van der Waals surface area contributed by atoms with E-state index in [1.165, 1.54) is 12.8 Å². The molecule has 1 fully saturated rings. The lowest BCUT2D eigenvalue weighted by Crippen LogP contribution is -2.21. The average molecular weight is 229 g/mol. The number of H-pyrrole nitrogens is 1. The van der Waals surface area contributed by atoms with Gasteiger partial charge in [0.1, 0.15) is 0 Å². The number of benzene rings is 1. The van der Waals surface area contributed by atoms with Gasteiger partial charge in [-0.05, 0) is 36.5 Å². The van der Waals surface area contributed by atoms with Crippen molar-refractivity contribution in [2.24, 2.45) is 5.73 Å². The van der Waals surface area contributed by atoms with Gasteiger partial charge in [-0.3, -0.25) is 9.59 Å². The van der Waals surface area contributed by atoms with Crippen LogP contribution in [0.2, 0.25) is 0 Å². The van der Waals surface area contributed by atoms with Crippen LogP contribution in [-0.4, -0.2) is 15.9 Å². The Hall–Kier alpha value is -2.17. The lowest BCUT2D eigenvalue weighted by molar-refractivity contribution is 0.0990. The van der Waals surface area contributed by atoms with E-state index in [2.05, 4.69) is 9.97 Å². The van der Waals surface area contributed by atoms with Gasteiger partial charge in [-0.15, -0.1) is 0 Å². The lowest BCUT2D eigenvalue weighted by Gasteiger charge is -2.02. The molecule has 5 nitrogen and oxygen atoms in total. The van der Waals surface area contributed by atoms with Crippen molar-refractivity contribution >= 4 is 16.8 Å². The third-order valence-corrected chi connectivity index (χ3v) is 3.01. The van der Waals surface area contributed by atoms with Gasteiger partial charge >= 0.3 is 0 Å². The van der Waals surface area contributed by atoms with Gasteiger partial charge in [0.2, 0.25) is 0 Å². The molecule has 0 spiro atoms. The Morgan fingerprint density at radius 2 is 2.18 bits per heavy atom. The minimum Gasteiger partial charge on any atom is -0.363 e. The highest BCUT2D eigenvalue weighted by molar-refractivity contribution is 5.91. The number of fused-ring (bicyclic) bond motifs is 1. The molecule has 0 atom stereocenters. The number of nitrogens with one attached hydrogen (secondary N) is 1. The van der Waals surface area contributed by atoms with Gasteiger partial charge in [0.05, 0.1) is 10.9 Å². The zero-order chi connectivity index (χ0) is 12.0. The summed E-state index contributed by atoms with van der Waals surface area (Å²) in [7, 11) is 0. The molecule has 3 N–H and O–H groups in total. The minimum atomic E-state index is -0.727. The molecule has 1 aliphatic rings. The van der Waals surface area contributed by atoms with Gasteiger partial charge in [0.25, 0.3) is 11.5 Å². The molecule has 0 unspecified atom stereocenters. The third-order valence-electron chi connectivity index (χ3n) is 3.01. The van der Waals surface area contributed by atoms with Crippen molar-refractivity contribution in [1.29, 1.82) is 0 Å². The summed E-state index contributed by atoms with van der Waals surface area (Å²) in [6.07, 6.45) is 2.35. The Bertz CT molecular complexity index is 671. The monoisotopic (exact) mass is 229 g/mol. The van der Waals surface area contributed by atoms with Gasteiger partial charge < -0.3 is 10.7 Å². The molecular weight excluding hydrogens is 218 g/mol. The fourth-order valence-corrected chi connectivity index (χ4v) is 1.94. The molecular formula is C12H11N3O2. The number of primary amides is 1. The number of nitrogens with zero attached hydrogens (tertiary/aromatic N) is 1. The first-order valence-electron chi connectivity index (χ1n) is 5.49. The van der Waals surface area contributed by atoms with E-state index >= 15 is 0 Å². The predicted octanol–water partition coefficient (Wildman–Crippen LogP) is 0.899. The van der Waals surface area contributed by atoms with Gasteiger partial charge in [-0.25, -0.2) is 4.98 Å². The maximum absolute atomic E-state index is 11.8. The first-order valence-corrected chi connectivity index (χ1v) is 5.49. The van der Waals surface area contributed by atoms with Crippen LogP contribution in [-0.2, 0) is 0 Å². The highest BCUT2D eigenvalue weighted by Crippen LogP contribution is 2.40. The number of hydrogen-bond donors (Lipinski definition) is 2. The maximum atomic E-state index is 11.8. The van der Waals surface area contributed by atoms with Gasteiger partial charge in [0.15, 0.2) is 5.82 Å². The van der Waals surface area contributed by atoms with Crippen LogP contribution in [0.25, 0.3) is 10.9 Å². The number of carbonyl (C=O) groups is 1. The number of rotatable bonds is 2. The second-order valence-corrected chi connectivity index (χ2v) is 4.33. The number of aromatic amines is 1. The lowest BCUT2D eigenvalue weighted by atomic mass is 10.1. The number of carbonyl (C=O) groups excluding carboxylic acids is 1. The summed E-state index contributed by atoms with van der Waals surface area (Å²) in [5, 5.41) is 0.513. The van der Waals surface area contributed by atoms with E-state index in [4.69, 9.17) is 5.73 Å². The van der Waals surface area contributed by atoms with E-state index in [1.54, 1.807) is 6.07 Å². The molecule has 1 amide bonds. The molecule has 1 saturated carbocycles. The molecule has 17 heavy (non-hydrogen) atoms. The molecule has 1 heterocycles. The molecule has 5 heteroatoms. The zero-order valence-corrected chi connectivity index (χ0v) is 9.06. The summed E-state index contributed by atoms with van der Waals surface area (Å²) in [5.74, 6) is -0.244.